The Hall–Kier alpha value is -4.34. The monoisotopic (exact) mass is 572 g/mol. The second-order valence-electron chi connectivity index (χ2n) is 11.2. The summed E-state index contributed by atoms with van der Waals surface area (Å²) in [5, 5.41) is 11.2. The summed E-state index contributed by atoms with van der Waals surface area (Å²) in [5.74, 6) is 3.40. The Balaban J connectivity index is 1.21. The standard InChI is InChI=1S/C32H40N6O4/c1-21(2)34-30(35-23(4)33)28-19-38-16-17-40-29-18-26(10-11-27(29)31(38)36-28)42-22(3)25-12-14-37(15-13-25)32(39)41-20-24-8-6-5-7-9-24/h5-11,18-19,21-22,25H,12-17,20H2,1-4H3,(H2,33,34,35). The summed E-state index contributed by atoms with van der Waals surface area (Å²) in [5.41, 5.74) is 2.57. The van der Waals surface area contributed by atoms with E-state index in [-0.39, 0.29) is 30.7 Å². The Bertz CT molecular complexity index is 1430. The highest BCUT2D eigenvalue weighted by Gasteiger charge is 2.29. The topological polar surface area (TPSA) is 114 Å². The molecule has 0 saturated carbocycles. The average Bonchev–Trinajstić information content (AvgIpc) is 3.32. The molecule has 2 N–H and O–H groups in total. The van der Waals surface area contributed by atoms with Gasteiger partial charge in [-0.05, 0) is 64.2 Å². The predicted molar refractivity (Wildman–Crippen MR) is 162 cm³/mol. The van der Waals surface area contributed by atoms with E-state index in [0.717, 1.165) is 41.3 Å². The van der Waals surface area contributed by atoms with Gasteiger partial charge in [0, 0.05) is 31.4 Å². The fraction of sp³-hybridized carbons (Fsp3) is 0.438. The van der Waals surface area contributed by atoms with Gasteiger partial charge in [0.1, 0.15) is 42.1 Å². The molecule has 0 radical (unpaired) electrons. The van der Waals surface area contributed by atoms with E-state index in [0.29, 0.717) is 43.7 Å². The Morgan fingerprint density at radius 1 is 1.14 bits per heavy atom. The van der Waals surface area contributed by atoms with Crippen LogP contribution in [-0.4, -0.2) is 64.1 Å². The number of ether oxygens (including phenoxy) is 3. The second kappa shape index (κ2) is 13.1. The maximum absolute atomic E-state index is 12.6. The molecule has 1 saturated heterocycles. The van der Waals surface area contributed by atoms with E-state index in [9.17, 15) is 4.79 Å². The van der Waals surface area contributed by atoms with E-state index in [4.69, 9.17) is 24.6 Å². The molecule has 42 heavy (non-hydrogen) atoms. The molecule has 3 heterocycles. The highest BCUT2D eigenvalue weighted by atomic mass is 16.6. The van der Waals surface area contributed by atoms with Crippen molar-refractivity contribution in [2.45, 2.75) is 65.8 Å². The largest absolute Gasteiger partial charge is 0.491 e. The minimum absolute atomic E-state index is 0.0184. The number of amides is 1. The van der Waals surface area contributed by atoms with Gasteiger partial charge in [0.2, 0.25) is 0 Å². The van der Waals surface area contributed by atoms with E-state index in [1.54, 1.807) is 11.8 Å². The summed E-state index contributed by atoms with van der Waals surface area (Å²) in [6.45, 7) is 10.5. The Morgan fingerprint density at radius 2 is 1.90 bits per heavy atom. The number of amidine groups is 2. The zero-order valence-electron chi connectivity index (χ0n) is 24.8. The normalized spacial score (nSPS) is 16.1. The number of rotatable bonds is 7. The molecule has 0 bridgehead atoms. The van der Waals surface area contributed by atoms with Crippen molar-refractivity contribution in [1.29, 1.82) is 5.41 Å². The molecule has 0 spiro atoms. The van der Waals surface area contributed by atoms with Gasteiger partial charge in [-0.15, -0.1) is 0 Å². The van der Waals surface area contributed by atoms with Gasteiger partial charge in [-0.1, -0.05) is 30.3 Å². The number of piperidine rings is 1. The quantitative estimate of drug-likeness (QED) is 0.286. The summed E-state index contributed by atoms with van der Waals surface area (Å²) >= 11 is 0. The Morgan fingerprint density at radius 3 is 2.62 bits per heavy atom. The number of fused-ring (bicyclic) bond motifs is 3. The van der Waals surface area contributed by atoms with Crippen LogP contribution in [0.2, 0.25) is 0 Å². The summed E-state index contributed by atoms with van der Waals surface area (Å²) < 4.78 is 20.1. The van der Waals surface area contributed by atoms with E-state index in [2.05, 4.69) is 21.8 Å². The maximum Gasteiger partial charge on any atom is 0.410 e. The van der Waals surface area contributed by atoms with Gasteiger partial charge in [0.15, 0.2) is 5.84 Å². The molecule has 1 unspecified atom stereocenters. The average molecular weight is 573 g/mol. The van der Waals surface area contributed by atoms with E-state index in [1.165, 1.54) is 0 Å². The summed E-state index contributed by atoms with van der Waals surface area (Å²) in [6, 6.07) is 15.8. The van der Waals surface area contributed by atoms with Crippen LogP contribution in [0.25, 0.3) is 11.4 Å². The van der Waals surface area contributed by atoms with Crippen molar-refractivity contribution in [3.05, 3.63) is 66.0 Å². The van der Waals surface area contributed by atoms with Crippen molar-refractivity contribution in [2.24, 2.45) is 10.9 Å². The molecule has 1 amide bonds. The molecule has 2 aromatic carbocycles. The lowest BCUT2D eigenvalue weighted by Crippen LogP contribution is -2.42. The lowest BCUT2D eigenvalue weighted by molar-refractivity contribution is 0.0604. The highest BCUT2D eigenvalue weighted by molar-refractivity contribution is 6.04. The Labute approximate surface area is 247 Å². The third-order valence-electron chi connectivity index (χ3n) is 7.50. The van der Waals surface area contributed by atoms with Crippen molar-refractivity contribution in [3.63, 3.8) is 0 Å². The fourth-order valence-electron chi connectivity index (χ4n) is 5.33. The third kappa shape index (κ3) is 7.10. The van der Waals surface area contributed by atoms with Crippen LogP contribution >= 0.6 is 0 Å². The van der Waals surface area contributed by atoms with Crippen molar-refractivity contribution < 1.29 is 19.0 Å². The SMILES string of the molecule is CC(=N)/N=C(\NC(C)C)c1cn2c(n1)-c1ccc(OC(C)C3CCN(C(=O)OCc4ccccc4)CC3)cc1OCC2. The number of aromatic nitrogens is 2. The number of hydrogen-bond donors (Lipinski definition) is 2. The minimum atomic E-state index is -0.262. The Kier molecular flexibility index (Phi) is 9.09. The lowest BCUT2D eigenvalue weighted by atomic mass is 9.92. The first-order valence-electron chi connectivity index (χ1n) is 14.6. The van der Waals surface area contributed by atoms with E-state index >= 15 is 0 Å². The number of likely N-dealkylation sites (tertiary alicyclic amines) is 1. The molecule has 0 aliphatic carbocycles. The van der Waals surface area contributed by atoms with Crippen molar-refractivity contribution in [1.82, 2.24) is 19.8 Å². The molecule has 5 rings (SSSR count). The zero-order valence-corrected chi connectivity index (χ0v) is 24.8. The van der Waals surface area contributed by atoms with Crippen LogP contribution in [0.1, 0.15) is 51.8 Å². The lowest BCUT2D eigenvalue weighted by Gasteiger charge is -2.34. The van der Waals surface area contributed by atoms with Gasteiger partial charge in [-0.3, -0.25) is 5.41 Å². The molecular formula is C32H40N6O4. The summed E-state index contributed by atoms with van der Waals surface area (Å²) in [4.78, 5) is 23.6. The highest BCUT2D eigenvalue weighted by Crippen LogP contribution is 2.36. The molecule has 1 aromatic heterocycles. The van der Waals surface area contributed by atoms with Crippen LogP contribution in [0.4, 0.5) is 4.79 Å². The van der Waals surface area contributed by atoms with Gasteiger partial charge in [-0.2, -0.15) is 0 Å². The van der Waals surface area contributed by atoms with Crippen LogP contribution in [0.15, 0.2) is 59.7 Å². The van der Waals surface area contributed by atoms with Gasteiger partial charge in [0.25, 0.3) is 0 Å². The number of aliphatic imine (C=N–C) groups is 1. The van der Waals surface area contributed by atoms with Crippen molar-refractivity contribution >= 4 is 17.8 Å². The van der Waals surface area contributed by atoms with Crippen LogP contribution < -0.4 is 14.8 Å². The summed E-state index contributed by atoms with van der Waals surface area (Å²) in [6.07, 6.45) is 3.39. The van der Waals surface area contributed by atoms with Gasteiger partial charge < -0.3 is 29.0 Å². The van der Waals surface area contributed by atoms with Gasteiger partial charge in [-0.25, -0.2) is 14.8 Å². The molecule has 222 valence electrons. The molecule has 10 nitrogen and oxygen atoms in total. The van der Waals surface area contributed by atoms with Crippen molar-refractivity contribution in [2.75, 3.05) is 19.7 Å². The van der Waals surface area contributed by atoms with Gasteiger partial charge in [0.05, 0.1) is 18.2 Å². The number of benzene rings is 2. The third-order valence-corrected chi connectivity index (χ3v) is 7.50. The molecule has 2 aliphatic rings. The molecule has 10 heteroatoms. The second-order valence-corrected chi connectivity index (χ2v) is 11.2. The number of imidazole rings is 1. The minimum Gasteiger partial charge on any atom is -0.491 e. The molecular weight excluding hydrogens is 532 g/mol. The van der Waals surface area contributed by atoms with Crippen LogP contribution in [0, 0.1) is 11.3 Å². The van der Waals surface area contributed by atoms with Crippen molar-refractivity contribution in [3.8, 4) is 22.9 Å². The first-order valence-corrected chi connectivity index (χ1v) is 14.6. The van der Waals surface area contributed by atoms with Gasteiger partial charge >= 0.3 is 6.09 Å². The molecule has 2 aliphatic heterocycles. The molecule has 1 fully saturated rings. The van der Waals surface area contributed by atoms with E-state index < -0.39 is 0 Å². The van der Waals surface area contributed by atoms with E-state index in [1.807, 2.05) is 68.6 Å². The first kappa shape index (κ1) is 29.2. The maximum atomic E-state index is 12.6. The van der Waals surface area contributed by atoms with Crippen LogP contribution in [0.3, 0.4) is 0 Å². The molecule has 3 aromatic rings. The fourth-order valence-corrected chi connectivity index (χ4v) is 5.33. The zero-order chi connectivity index (χ0) is 29.6. The molecule has 1 atom stereocenters. The number of carbonyl (C=O) groups excluding carboxylic acids is 1. The van der Waals surface area contributed by atoms with Crippen LogP contribution in [0.5, 0.6) is 11.5 Å². The smallest absolute Gasteiger partial charge is 0.410 e. The number of nitrogens with one attached hydrogen (secondary N) is 2. The first-order chi connectivity index (χ1) is 20.3. The number of carbonyl (C=O) groups is 1. The summed E-state index contributed by atoms with van der Waals surface area (Å²) in [7, 11) is 0. The predicted octanol–water partition coefficient (Wildman–Crippen LogP) is 5.50. The number of hydrogen-bond acceptors (Lipinski definition) is 6. The number of nitrogens with zero attached hydrogens (tertiary/aromatic N) is 4. The van der Waals surface area contributed by atoms with Crippen LogP contribution in [-0.2, 0) is 17.9 Å².